The second-order valence-electron chi connectivity index (χ2n) is 5.32. The van der Waals surface area contributed by atoms with Gasteiger partial charge in [0.05, 0.1) is 11.8 Å². The minimum absolute atomic E-state index is 0.406. The summed E-state index contributed by atoms with van der Waals surface area (Å²) in [6.45, 7) is 1.95. The van der Waals surface area contributed by atoms with Crippen LogP contribution in [0.2, 0.25) is 0 Å². The molecule has 4 nitrogen and oxygen atoms in total. The van der Waals surface area contributed by atoms with Crippen molar-refractivity contribution < 1.29 is 19.8 Å². The summed E-state index contributed by atoms with van der Waals surface area (Å²) in [5.41, 5.74) is 0.999. The highest BCUT2D eigenvalue weighted by Gasteiger charge is 2.26. The topological polar surface area (TPSA) is 74.6 Å². The van der Waals surface area contributed by atoms with Crippen molar-refractivity contribution in [3.63, 3.8) is 0 Å². The Morgan fingerprint density at radius 3 is 2.37 bits per heavy atom. The van der Waals surface area contributed by atoms with Gasteiger partial charge in [-0.2, -0.15) is 0 Å². The quantitative estimate of drug-likeness (QED) is 0.661. The minimum Gasteiger partial charge on any atom is -0.481 e. The maximum atomic E-state index is 11.4. The lowest BCUT2D eigenvalue weighted by Gasteiger charge is -2.21. The Balaban J connectivity index is 2.60. The number of carboxylic acid groups (broad SMARTS) is 2. The number of hydrogen-bond donors (Lipinski definition) is 2. The van der Waals surface area contributed by atoms with E-state index < -0.39 is 23.8 Å². The summed E-state index contributed by atoms with van der Waals surface area (Å²) >= 11 is 0. The molecule has 19 heavy (non-hydrogen) atoms. The molecule has 0 aliphatic heterocycles. The zero-order chi connectivity index (χ0) is 14.3. The third kappa shape index (κ3) is 5.05. The monoisotopic (exact) mass is 268 g/mol. The fourth-order valence-electron chi connectivity index (χ4n) is 2.75. The zero-order valence-electron chi connectivity index (χ0n) is 11.6. The number of aliphatic carboxylic acids is 2. The van der Waals surface area contributed by atoms with Gasteiger partial charge in [0, 0.05) is 0 Å². The van der Waals surface area contributed by atoms with Crippen LogP contribution < -0.4 is 0 Å². The van der Waals surface area contributed by atoms with Crippen LogP contribution in [-0.2, 0) is 9.59 Å². The smallest absolute Gasteiger partial charge is 0.310 e. The Bertz CT molecular complexity index is 346. The van der Waals surface area contributed by atoms with Gasteiger partial charge in [0.1, 0.15) is 0 Å². The van der Waals surface area contributed by atoms with Crippen molar-refractivity contribution in [2.45, 2.75) is 58.3 Å². The molecule has 0 aromatic rings. The molecule has 0 fully saturated rings. The summed E-state index contributed by atoms with van der Waals surface area (Å²) in [7, 11) is 0. The summed E-state index contributed by atoms with van der Waals surface area (Å²) in [5, 5.41) is 18.4. The van der Waals surface area contributed by atoms with Gasteiger partial charge in [0.25, 0.3) is 0 Å². The van der Waals surface area contributed by atoms with E-state index in [1.807, 2.05) is 13.0 Å². The van der Waals surface area contributed by atoms with E-state index in [1.165, 1.54) is 0 Å². The van der Waals surface area contributed by atoms with E-state index >= 15 is 0 Å². The van der Waals surface area contributed by atoms with E-state index in [2.05, 4.69) is 0 Å². The van der Waals surface area contributed by atoms with Crippen LogP contribution in [0.4, 0.5) is 0 Å². The molecule has 0 heterocycles. The predicted molar refractivity (Wildman–Crippen MR) is 72.9 cm³/mol. The van der Waals surface area contributed by atoms with Crippen LogP contribution in [-0.4, -0.2) is 22.2 Å². The number of hydrogen-bond acceptors (Lipinski definition) is 2. The SMILES string of the molecule is CCCC(CCC(C(=O)O)C1=CCCCC1)C(=O)O. The summed E-state index contributed by atoms with van der Waals surface area (Å²) in [6.07, 6.45) is 8.36. The summed E-state index contributed by atoms with van der Waals surface area (Å²) < 4.78 is 0. The second kappa shape index (κ2) is 7.97. The standard InChI is InChI=1S/C15H24O4/c1-2-6-12(14(16)17)9-10-13(15(18)19)11-7-4-3-5-8-11/h7,12-13H,2-6,8-10H2,1H3,(H,16,17)(H,18,19). The van der Waals surface area contributed by atoms with Gasteiger partial charge in [-0.25, -0.2) is 0 Å². The zero-order valence-corrected chi connectivity index (χ0v) is 11.6. The van der Waals surface area contributed by atoms with Gasteiger partial charge < -0.3 is 10.2 Å². The highest BCUT2D eigenvalue weighted by Crippen LogP contribution is 2.29. The number of rotatable bonds is 8. The average Bonchev–Trinajstić information content (AvgIpc) is 2.38. The number of carbonyl (C=O) groups is 2. The molecule has 0 aromatic heterocycles. The van der Waals surface area contributed by atoms with E-state index in [-0.39, 0.29) is 0 Å². The molecule has 1 rings (SSSR count). The van der Waals surface area contributed by atoms with Gasteiger partial charge in [-0.05, 0) is 44.9 Å². The Labute approximate surface area is 114 Å². The van der Waals surface area contributed by atoms with Crippen molar-refractivity contribution >= 4 is 11.9 Å². The maximum absolute atomic E-state index is 11.4. The van der Waals surface area contributed by atoms with E-state index in [0.29, 0.717) is 19.3 Å². The lowest BCUT2D eigenvalue weighted by Crippen LogP contribution is -2.21. The van der Waals surface area contributed by atoms with Gasteiger partial charge in [0.15, 0.2) is 0 Å². The molecule has 1 aliphatic rings. The van der Waals surface area contributed by atoms with Crippen LogP contribution in [0.25, 0.3) is 0 Å². The first-order valence-electron chi connectivity index (χ1n) is 7.20. The summed E-state index contributed by atoms with van der Waals surface area (Å²) in [4.78, 5) is 22.4. The van der Waals surface area contributed by atoms with Crippen LogP contribution in [0.5, 0.6) is 0 Å². The maximum Gasteiger partial charge on any atom is 0.310 e. The molecule has 0 bridgehead atoms. The van der Waals surface area contributed by atoms with Crippen LogP contribution >= 0.6 is 0 Å². The van der Waals surface area contributed by atoms with Crippen molar-refractivity contribution in [1.29, 1.82) is 0 Å². The second-order valence-corrected chi connectivity index (χ2v) is 5.32. The van der Waals surface area contributed by atoms with Crippen molar-refractivity contribution in [2.75, 3.05) is 0 Å². The predicted octanol–water partition coefficient (Wildman–Crippen LogP) is 3.47. The molecule has 108 valence electrons. The first kappa shape index (κ1) is 15.7. The van der Waals surface area contributed by atoms with Gasteiger partial charge in [-0.3, -0.25) is 9.59 Å². The molecule has 0 saturated heterocycles. The molecule has 0 saturated carbocycles. The molecule has 0 aromatic carbocycles. The Morgan fingerprint density at radius 2 is 1.89 bits per heavy atom. The van der Waals surface area contributed by atoms with Gasteiger partial charge in [-0.15, -0.1) is 0 Å². The third-order valence-corrected chi connectivity index (χ3v) is 3.86. The molecule has 0 amide bonds. The van der Waals surface area contributed by atoms with Crippen molar-refractivity contribution in [2.24, 2.45) is 11.8 Å². The van der Waals surface area contributed by atoms with Crippen molar-refractivity contribution in [3.05, 3.63) is 11.6 Å². The first-order chi connectivity index (χ1) is 9.06. The normalized spacial score (nSPS) is 18.5. The highest BCUT2D eigenvalue weighted by atomic mass is 16.4. The molecule has 0 radical (unpaired) electrons. The third-order valence-electron chi connectivity index (χ3n) is 3.86. The minimum atomic E-state index is -0.811. The summed E-state index contributed by atoms with van der Waals surface area (Å²) in [5.74, 6) is -2.51. The Hall–Kier alpha value is -1.32. The molecular formula is C15H24O4. The van der Waals surface area contributed by atoms with Gasteiger partial charge >= 0.3 is 11.9 Å². The molecule has 4 heteroatoms. The molecule has 2 unspecified atom stereocenters. The molecule has 0 spiro atoms. The average molecular weight is 268 g/mol. The van der Waals surface area contributed by atoms with Crippen LogP contribution in [0.1, 0.15) is 58.3 Å². The van der Waals surface area contributed by atoms with E-state index in [1.54, 1.807) is 0 Å². The largest absolute Gasteiger partial charge is 0.481 e. The Kier molecular flexibility index (Phi) is 6.60. The van der Waals surface area contributed by atoms with Crippen molar-refractivity contribution in [1.82, 2.24) is 0 Å². The fourth-order valence-corrected chi connectivity index (χ4v) is 2.75. The first-order valence-corrected chi connectivity index (χ1v) is 7.20. The molecule has 1 aliphatic carbocycles. The van der Waals surface area contributed by atoms with Gasteiger partial charge in [0.2, 0.25) is 0 Å². The lowest BCUT2D eigenvalue weighted by molar-refractivity contribution is -0.144. The van der Waals surface area contributed by atoms with E-state index in [9.17, 15) is 14.7 Å². The highest BCUT2D eigenvalue weighted by molar-refractivity contribution is 5.74. The molecular weight excluding hydrogens is 244 g/mol. The van der Waals surface area contributed by atoms with Crippen LogP contribution in [0, 0.1) is 11.8 Å². The van der Waals surface area contributed by atoms with Crippen molar-refractivity contribution in [3.8, 4) is 0 Å². The van der Waals surface area contributed by atoms with Crippen LogP contribution in [0.3, 0.4) is 0 Å². The Morgan fingerprint density at radius 1 is 1.16 bits per heavy atom. The number of allylic oxidation sites excluding steroid dienone is 1. The lowest BCUT2D eigenvalue weighted by atomic mass is 9.84. The molecule has 2 atom stereocenters. The van der Waals surface area contributed by atoms with Crippen LogP contribution in [0.15, 0.2) is 11.6 Å². The number of carboxylic acids is 2. The van der Waals surface area contributed by atoms with E-state index in [0.717, 1.165) is 37.7 Å². The summed E-state index contributed by atoms with van der Waals surface area (Å²) in [6, 6.07) is 0. The van der Waals surface area contributed by atoms with E-state index in [4.69, 9.17) is 5.11 Å². The van der Waals surface area contributed by atoms with Gasteiger partial charge in [-0.1, -0.05) is 25.0 Å². The fraction of sp³-hybridized carbons (Fsp3) is 0.733. The molecule has 2 N–H and O–H groups in total.